The number of carboxylic acids is 2. The predicted octanol–water partition coefficient (Wildman–Crippen LogP) is 6.10. The van der Waals surface area contributed by atoms with Crippen LogP contribution in [0.25, 0.3) is 0 Å². The summed E-state index contributed by atoms with van der Waals surface area (Å²) in [4.78, 5) is 26.5. The van der Waals surface area contributed by atoms with Gasteiger partial charge in [-0.05, 0) is 44.4 Å². The van der Waals surface area contributed by atoms with Crippen LogP contribution in [0.15, 0.2) is 59.8 Å². The quantitative estimate of drug-likeness (QED) is 0.390. The van der Waals surface area contributed by atoms with Gasteiger partial charge in [-0.15, -0.1) is 0 Å². The highest BCUT2D eigenvalue weighted by Gasteiger charge is 2.69. The maximum Gasteiger partial charge on any atom is 0.333 e. The number of halogens is 2. The van der Waals surface area contributed by atoms with Crippen LogP contribution in [-0.4, -0.2) is 40.9 Å². The molecule has 2 aromatic carbocycles. The van der Waals surface area contributed by atoms with Crippen LogP contribution in [0.1, 0.15) is 57.1 Å². The summed E-state index contributed by atoms with van der Waals surface area (Å²) in [6.07, 6.45) is -0.202. The number of benzene rings is 2. The van der Waals surface area contributed by atoms with Gasteiger partial charge >= 0.3 is 11.9 Å². The third kappa shape index (κ3) is 4.11. The van der Waals surface area contributed by atoms with Crippen LogP contribution in [0.3, 0.4) is 0 Å². The van der Waals surface area contributed by atoms with E-state index in [0.717, 1.165) is 5.56 Å². The Morgan fingerprint density at radius 3 is 2.26 bits per heavy atom. The molecule has 35 heavy (non-hydrogen) atoms. The van der Waals surface area contributed by atoms with Crippen LogP contribution in [0.5, 0.6) is 0 Å². The lowest BCUT2D eigenvalue weighted by Crippen LogP contribution is -2.72. The number of rotatable bonds is 8. The summed E-state index contributed by atoms with van der Waals surface area (Å²) in [5, 5.41) is 25.3. The fourth-order valence-electron chi connectivity index (χ4n) is 5.97. The second kappa shape index (κ2) is 10.2. The number of allylic oxidation sites excluding steroid dienone is 1. The molecule has 0 aliphatic carbocycles. The molecule has 2 aromatic rings. The van der Waals surface area contributed by atoms with E-state index in [-0.39, 0.29) is 15.6 Å². The molecule has 0 bridgehead atoms. The first kappa shape index (κ1) is 27.1. The average Bonchev–Trinajstić information content (AvgIpc) is 2.82. The normalized spacial score (nSPS) is 26.1. The van der Waals surface area contributed by atoms with Gasteiger partial charge in [0.05, 0.1) is 27.3 Å². The van der Waals surface area contributed by atoms with Crippen molar-refractivity contribution < 1.29 is 24.5 Å². The van der Waals surface area contributed by atoms with Gasteiger partial charge in [0.2, 0.25) is 0 Å². The molecule has 1 heterocycles. The van der Waals surface area contributed by atoms with E-state index in [1.807, 2.05) is 37.3 Å². The zero-order chi connectivity index (χ0) is 26.1. The molecule has 1 aliphatic rings. The van der Waals surface area contributed by atoms with Crippen LogP contribution in [0.2, 0.25) is 10.0 Å². The Labute approximate surface area is 215 Å². The van der Waals surface area contributed by atoms with E-state index in [9.17, 15) is 19.8 Å². The minimum absolute atomic E-state index is 0.0632. The number of nitrogens with one attached hydrogen (secondary N) is 1. The average molecular weight is 520 g/mol. The number of ether oxygens (including phenoxy) is 1. The highest BCUT2D eigenvalue weighted by Crippen LogP contribution is 2.62. The Morgan fingerprint density at radius 1 is 1.11 bits per heavy atom. The molecule has 0 amide bonds. The minimum atomic E-state index is -1.74. The van der Waals surface area contributed by atoms with Crippen molar-refractivity contribution in [2.24, 2.45) is 5.41 Å². The van der Waals surface area contributed by atoms with Gasteiger partial charge in [0, 0.05) is 24.6 Å². The topological polar surface area (TPSA) is 95.9 Å². The Kier molecular flexibility index (Phi) is 7.89. The van der Waals surface area contributed by atoms with Gasteiger partial charge in [0.15, 0.2) is 0 Å². The summed E-state index contributed by atoms with van der Waals surface area (Å²) >= 11 is 13.1. The third-order valence-electron chi connectivity index (χ3n) is 7.66. The molecule has 5 atom stereocenters. The molecule has 5 unspecified atom stereocenters. The molecule has 0 saturated carbocycles. The lowest BCUT2D eigenvalue weighted by atomic mass is 9.48. The Bertz CT molecular complexity index is 1150. The van der Waals surface area contributed by atoms with Crippen molar-refractivity contribution in [1.29, 1.82) is 0 Å². The van der Waals surface area contributed by atoms with E-state index >= 15 is 0 Å². The van der Waals surface area contributed by atoms with Crippen LogP contribution in [0.4, 0.5) is 0 Å². The van der Waals surface area contributed by atoms with Gasteiger partial charge in [-0.3, -0.25) is 4.79 Å². The van der Waals surface area contributed by atoms with Crippen LogP contribution < -0.4 is 5.32 Å². The summed E-state index contributed by atoms with van der Waals surface area (Å²) in [6.45, 7) is 7.12. The van der Waals surface area contributed by atoms with E-state index in [1.54, 1.807) is 39.0 Å². The molecule has 188 valence electrons. The number of aliphatic carboxylic acids is 2. The summed E-state index contributed by atoms with van der Waals surface area (Å²) < 4.78 is 5.76. The zero-order valence-corrected chi connectivity index (χ0v) is 21.9. The maximum absolute atomic E-state index is 13.8. The van der Waals surface area contributed by atoms with E-state index in [0.29, 0.717) is 17.7 Å². The van der Waals surface area contributed by atoms with Crippen LogP contribution in [0, 0.1) is 5.41 Å². The smallest absolute Gasteiger partial charge is 0.333 e. The highest BCUT2D eigenvalue weighted by atomic mass is 35.5. The minimum Gasteiger partial charge on any atom is -0.481 e. The van der Waals surface area contributed by atoms with Crippen molar-refractivity contribution in [2.75, 3.05) is 7.11 Å². The van der Waals surface area contributed by atoms with Crippen molar-refractivity contribution in [3.05, 3.63) is 81.0 Å². The number of carboxylic acid groups (broad SMARTS) is 2. The fraction of sp³-hybridized carbons (Fsp3) is 0.407. The largest absolute Gasteiger partial charge is 0.481 e. The fourth-order valence-corrected chi connectivity index (χ4v) is 6.39. The molecule has 6 nitrogen and oxygen atoms in total. The molecule has 3 N–H and O–H groups in total. The van der Waals surface area contributed by atoms with Crippen molar-refractivity contribution in [3.63, 3.8) is 0 Å². The first-order valence-electron chi connectivity index (χ1n) is 11.5. The Hall–Kier alpha value is -2.54. The molecule has 0 radical (unpaired) electrons. The monoisotopic (exact) mass is 519 g/mol. The summed E-state index contributed by atoms with van der Waals surface area (Å²) in [5.74, 6) is -4.13. The third-order valence-corrected chi connectivity index (χ3v) is 8.49. The first-order chi connectivity index (χ1) is 16.5. The molecule has 1 aliphatic heterocycles. The summed E-state index contributed by atoms with van der Waals surface area (Å²) in [5.41, 5.74) is -1.56. The van der Waals surface area contributed by atoms with Gasteiger partial charge in [-0.25, -0.2) is 4.79 Å². The van der Waals surface area contributed by atoms with Gasteiger partial charge in [0.25, 0.3) is 0 Å². The zero-order valence-electron chi connectivity index (χ0n) is 20.4. The number of methoxy groups -OCH3 is 1. The van der Waals surface area contributed by atoms with Gasteiger partial charge in [-0.2, -0.15) is 0 Å². The van der Waals surface area contributed by atoms with E-state index in [2.05, 4.69) is 5.32 Å². The Morgan fingerprint density at radius 2 is 1.74 bits per heavy atom. The second-order valence-electron chi connectivity index (χ2n) is 9.17. The van der Waals surface area contributed by atoms with E-state index in [1.165, 1.54) is 7.11 Å². The molecule has 0 saturated heterocycles. The summed E-state index contributed by atoms with van der Waals surface area (Å²) in [6, 6.07) is 14.2. The maximum atomic E-state index is 13.8. The highest BCUT2D eigenvalue weighted by molar-refractivity contribution is 6.42. The van der Waals surface area contributed by atoms with Crippen LogP contribution >= 0.6 is 23.2 Å². The van der Waals surface area contributed by atoms with Crippen LogP contribution in [-0.2, 0) is 14.3 Å². The Balaban J connectivity index is 2.60. The van der Waals surface area contributed by atoms with Crippen molar-refractivity contribution in [1.82, 2.24) is 5.32 Å². The van der Waals surface area contributed by atoms with E-state index < -0.39 is 40.8 Å². The van der Waals surface area contributed by atoms with Crippen molar-refractivity contribution in [2.45, 2.75) is 57.6 Å². The van der Waals surface area contributed by atoms with Gasteiger partial charge in [0.1, 0.15) is 5.41 Å². The van der Waals surface area contributed by atoms with Gasteiger partial charge in [-0.1, -0.05) is 72.6 Å². The molecule has 0 spiro atoms. The number of hydrogen-bond donors (Lipinski definition) is 3. The van der Waals surface area contributed by atoms with Gasteiger partial charge < -0.3 is 20.3 Å². The first-order valence-corrected chi connectivity index (χ1v) is 12.2. The molecular weight excluding hydrogens is 489 g/mol. The van der Waals surface area contributed by atoms with Crippen molar-refractivity contribution in [3.8, 4) is 0 Å². The molecule has 8 heteroatoms. The lowest BCUT2D eigenvalue weighted by molar-refractivity contribution is -0.167. The molecule has 0 aromatic heterocycles. The predicted molar refractivity (Wildman–Crippen MR) is 137 cm³/mol. The lowest BCUT2D eigenvalue weighted by Gasteiger charge is -2.59. The number of carbonyl (C=O) groups is 2. The van der Waals surface area contributed by atoms with Crippen molar-refractivity contribution >= 4 is 35.1 Å². The molecule has 0 fully saturated rings. The SMILES string of the molecule is CCC(c1ccccc1)C1(C(=O)O)C(c2cccc(Cl)c2Cl)C(C(=O)O)=C(C)NC1(C)C(C)OC. The summed E-state index contributed by atoms with van der Waals surface area (Å²) in [7, 11) is 1.51. The number of hydrogen-bond acceptors (Lipinski definition) is 4. The second-order valence-corrected chi connectivity index (χ2v) is 9.96. The molecular formula is C27H31Cl2NO5. The van der Waals surface area contributed by atoms with E-state index in [4.69, 9.17) is 27.9 Å². The standard InChI is InChI=1S/C27H31Cl2NO5/c1-6-19(17-11-8-7-9-12-17)27(25(33)34)22(18-13-10-14-20(28)23(18)29)21(24(31)32)15(2)30-26(27,4)16(3)35-5/h7-14,16,19,22,30H,6H2,1-5H3,(H,31,32)(H,33,34). The molecule has 3 rings (SSSR count).